The highest BCUT2D eigenvalue weighted by Crippen LogP contribution is 2.23. The van der Waals surface area contributed by atoms with Gasteiger partial charge < -0.3 is 14.8 Å². The van der Waals surface area contributed by atoms with Gasteiger partial charge in [-0.1, -0.05) is 51.2 Å². The first-order valence-corrected chi connectivity index (χ1v) is 9.35. The molecule has 0 bridgehead atoms. The molecule has 0 spiro atoms. The van der Waals surface area contributed by atoms with Crippen LogP contribution >= 0.6 is 12.2 Å². The molecule has 0 amide bonds. The van der Waals surface area contributed by atoms with E-state index in [2.05, 4.69) is 16.9 Å². The normalized spacial score (nSPS) is 12.2. The zero-order chi connectivity index (χ0) is 18.1. The Bertz CT molecular complexity index is 666. The smallest absolute Gasteiger partial charge is 0.304 e. The molecule has 0 aliphatic carbocycles. The monoisotopic (exact) mass is 362 g/mol. The van der Waals surface area contributed by atoms with Gasteiger partial charge >= 0.3 is 5.97 Å². The van der Waals surface area contributed by atoms with Gasteiger partial charge in [0, 0.05) is 0 Å². The molecule has 0 saturated heterocycles. The van der Waals surface area contributed by atoms with Gasteiger partial charge in [-0.15, -0.1) is 0 Å². The molecule has 2 rings (SSSR count). The summed E-state index contributed by atoms with van der Waals surface area (Å²) < 4.78 is 5.67. The number of hydrogen-bond acceptors (Lipinski definition) is 4. The topological polar surface area (TPSA) is 75.2 Å². The average molecular weight is 362 g/mol. The third-order valence-corrected chi connectivity index (χ3v) is 4.55. The van der Waals surface area contributed by atoms with Crippen molar-refractivity contribution >= 4 is 34.3 Å². The SMILES string of the molecule is CCCCCCCCOC(=S)C(CC(=O)O)c1nc2ccccc2[nH]1. The molecule has 5 nitrogen and oxygen atoms in total. The summed E-state index contributed by atoms with van der Waals surface area (Å²) in [4.78, 5) is 18.9. The van der Waals surface area contributed by atoms with Crippen LogP contribution in [0.1, 0.15) is 63.6 Å². The van der Waals surface area contributed by atoms with Gasteiger partial charge in [-0.05, 0) is 30.8 Å². The van der Waals surface area contributed by atoms with Crippen LogP contribution < -0.4 is 0 Å². The number of carboxylic acid groups (broad SMARTS) is 1. The number of para-hydroxylation sites is 2. The lowest BCUT2D eigenvalue weighted by Crippen LogP contribution is -2.19. The lowest BCUT2D eigenvalue weighted by molar-refractivity contribution is -0.137. The summed E-state index contributed by atoms with van der Waals surface area (Å²) in [7, 11) is 0. The number of fused-ring (bicyclic) bond motifs is 1. The highest BCUT2D eigenvalue weighted by molar-refractivity contribution is 7.80. The van der Waals surface area contributed by atoms with Crippen LogP contribution in [0.5, 0.6) is 0 Å². The number of rotatable bonds is 11. The summed E-state index contributed by atoms with van der Waals surface area (Å²) in [6, 6.07) is 7.59. The van der Waals surface area contributed by atoms with Crippen molar-refractivity contribution in [1.29, 1.82) is 0 Å². The Kier molecular flexibility index (Phi) is 7.85. The van der Waals surface area contributed by atoms with Crippen LogP contribution in [0, 0.1) is 0 Å². The van der Waals surface area contributed by atoms with Crippen LogP contribution in [0.3, 0.4) is 0 Å². The summed E-state index contributed by atoms with van der Waals surface area (Å²) in [5, 5.41) is 9.51. The number of hydrogen-bond donors (Lipinski definition) is 2. The number of nitrogens with one attached hydrogen (secondary N) is 1. The van der Waals surface area contributed by atoms with Gasteiger partial charge in [-0.2, -0.15) is 0 Å². The number of ether oxygens (including phenoxy) is 1. The first kappa shape index (κ1) is 19.4. The molecule has 6 heteroatoms. The minimum atomic E-state index is -0.920. The van der Waals surface area contributed by atoms with E-state index in [1.165, 1.54) is 25.7 Å². The van der Waals surface area contributed by atoms with Crippen molar-refractivity contribution in [1.82, 2.24) is 9.97 Å². The lowest BCUT2D eigenvalue weighted by Gasteiger charge is -2.15. The molecule has 1 heterocycles. The van der Waals surface area contributed by atoms with Crippen LogP contribution in [0.4, 0.5) is 0 Å². The fourth-order valence-electron chi connectivity index (χ4n) is 2.76. The first-order chi connectivity index (χ1) is 12.1. The third kappa shape index (κ3) is 6.12. The average Bonchev–Trinajstić information content (AvgIpc) is 3.02. The number of aromatic nitrogens is 2. The molecule has 0 aliphatic rings. The van der Waals surface area contributed by atoms with Crippen molar-refractivity contribution in [2.75, 3.05) is 6.61 Å². The molecule has 1 unspecified atom stereocenters. The number of benzene rings is 1. The fraction of sp³-hybridized carbons (Fsp3) is 0.526. The highest BCUT2D eigenvalue weighted by Gasteiger charge is 2.25. The van der Waals surface area contributed by atoms with Crippen LogP contribution in [-0.2, 0) is 9.53 Å². The minimum Gasteiger partial charge on any atom is -0.486 e. The second-order valence-electron chi connectivity index (χ2n) is 6.22. The third-order valence-electron chi connectivity index (χ3n) is 4.14. The molecule has 25 heavy (non-hydrogen) atoms. The van der Waals surface area contributed by atoms with Gasteiger partial charge in [0.15, 0.2) is 5.05 Å². The Labute approximate surface area is 153 Å². The number of carbonyl (C=O) groups is 1. The molecular weight excluding hydrogens is 336 g/mol. The van der Waals surface area contributed by atoms with Crippen molar-refractivity contribution in [3.63, 3.8) is 0 Å². The first-order valence-electron chi connectivity index (χ1n) is 8.95. The largest absolute Gasteiger partial charge is 0.486 e. The van der Waals surface area contributed by atoms with Crippen LogP contribution in [0.25, 0.3) is 11.0 Å². The molecule has 0 saturated carbocycles. The Balaban J connectivity index is 1.92. The lowest BCUT2D eigenvalue weighted by atomic mass is 10.1. The van der Waals surface area contributed by atoms with Crippen molar-refractivity contribution in [2.24, 2.45) is 0 Å². The number of thiocarbonyl (C=S) groups is 1. The standard InChI is InChI=1S/C19H26N2O3S/c1-2-3-4-5-6-9-12-24-19(25)14(13-17(22)23)18-20-15-10-7-8-11-16(15)21-18/h7-8,10-11,14H,2-6,9,12-13H2,1H3,(H,20,21)(H,22,23). The predicted molar refractivity (Wildman–Crippen MR) is 103 cm³/mol. The van der Waals surface area contributed by atoms with Gasteiger partial charge in [0.2, 0.25) is 0 Å². The van der Waals surface area contributed by atoms with Gasteiger partial charge in [0.1, 0.15) is 5.82 Å². The number of nitrogens with zero attached hydrogens (tertiary/aromatic N) is 1. The quantitative estimate of drug-likeness (QED) is 0.442. The fourth-order valence-corrected chi connectivity index (χ4v) is 3.04. The molecule has 1 aromatic heterocycles. The maximum atomic E-state index is 11.2. The molecule has 0 aliphatic heterocycles. The number of carboxylic acids is 1. The van der Waals surface area contributed by atoms with Crippen LogP contribution in [0.2, 0.25) is 0 Å². The van der Waals surface area contributed by atoms with E-state index in [9.17, 15) is 9.90 Å². The van der Waals surface area contributed by atoms with Crippen molar-refractivity contribution < 1.29 is 14.6 Å². The molecule has 0 fully saturated rings. The number of aliphatic carboxylic acids is 1. The summed E-state index contributed by atoms with van der Waals surface area (Å²) in [6.45, 7) is 2.73. The second kappa shape index (κ2) is 10.1. The van der Waals surface area contributed by atoms with Crippen molar-refractivity contribution in [3.8, 4) is 0 Å². The van der Waals surface area contributed by atoms with Gasteiger partial charge in [-0.3, -0.25) is 4.79 Å². The summed E-state index contributed by atoms with van der Waals surface area (Å²) >= 11 is 5.35. The van der Waals surface area contributed by atoms with E-state index in [-0.39, 0.29) is 6.42 Å². The predicted octanol–water partition coefficient (Wildman–Crippen LogP) is 4.83. The molecule has 1 aromatic carbocycles. The van der Waals surface area contributed by atoms with Gasteiger partial charge in [0.25, 0.3) is 0 Å². The molecule has 2 aromatic rings. The van der Waals surface area contributed by atoms with E-state index in [0.717, 1.165) is 23.9 Å². The zero-order valence-corrected chi connectivity index (χ0v) is 15.5. The Hall–Kier alpha value is -1.95. The zero-order valence-electron chi connectivity index (χ0n) is 14.7. The summed E-state index contributed by atoms with van der Waals surface area (Å²) in [6.07, 6.45) is 6.87. The van der Waals surface area contributed by atoms with Gasteiger partial charge in [-0.25, -0.2) is 4.98 Å². The van der Waals surface area contributed by atoms with E-state index in [1.807, 2.05) is 24.3 Å². The van der Waals surface area contributed by atoms with E-state index < -0.39 is 11.9 Å². The minimum absolute atomic E-state index is 0.130. The van der Waals surface area contributed by atoms with Crippen molar-refractivity contribution in [2.45, 2.75) is 57.8 Å². The van der Waals surface area contributed by atoms with E-state index >= 15 is 0 Å². The van der Waals surface area contributed by atoms with Crippen LogP contribution in [-0.4, -0.2) is 32.7 Å². The second-order valence-corrected chi connectivity index (χ2v) is 6.63. The molecule has 1 atom stereocenters. The number of H-pyrrole nitrogens is 1. The number of aromatic amines is 1. The number of imidazole rings is 1. The molecule has 0 radical (unpaired) electrons. The molecular formula is C19H26N2O3S. The summed E-state index contributed by atoms with van der Waals surface area (Å²) in [5.74, 6) is -0.910. The van der Waals surface area contributed by atoms with E-state index in [1.54, 1.807) is 0 Å². The maximum Gasteiger partial charge on any atom is 0.304 e. The van der Waals surface area contributed by atoms with Gasteiger partial charge in [0.05, 0.1) is 30.0 Å². The highest BCUT2D eigenvalue weighted by atomic mass is 32.1. The summed E-state index contributed by atoms with van der Waals surface area (Å²) in [5.41, 5.74) is 1.67. The van der Waals surface area contributed by atoms with Crippen LogP contribution in [0.15, 0.2) is 24.3 Å². The van der Waals surface area contributed by atoms with Crippen molar-refractivity contribution in [3.05, 3.63) is 30.1 Å². The molecule has 136 valence electrons. The Morgan fingerprint density at radius 2 is 1.96 bits per heavy atom. The Morgan fingerprint density at radius 1 is 1.24 bits per heavy atom. The Morgan fingerprint density at radius 3 is 2.68 bits per heavy atom. The molecule has 2 N–H and O–H groups in total. The van der Waals surface area contributed by atoms with E-state index in [4.69, 9.17) is 17.0 Å². The number of unbranched alkanes of at least 4 members (excludes halogenated alkanes) is 5. The van der Waals surface area contributed by atoms with E-state index in [0.29, 0.717) is 17.5 Å². The maximum absolute atomic E-state index is 11.2.